The summed E-state index contributed by atoms with van der Waals surface area (Å²) in [6, 6.07) is 7.93. The third-order valence-corrected chi connectivity index (χ3v) is 2.87. The predicted molar refractivity (Wildman–Crippen MR) is 67.8 cm³/mol. The van der Waals surface area contributed by atoms with Crippen molar-refractivity contribution in [2.75, 3.05) is 19.0 Å². The van der Waals surface area contributed by atoms with Crippen LogP contribution in [0.25, 0.3) is 0 Å². The minimum absolute atomic E-state index is 0.0757. The van der Waals surface area contributed by atoms with Crippen LogP contribution in [0.2, 0.25) is 0 Å². The van der Waals surface area contributed by atoms with Crippen molar-refractivity contribution in [3.63, 3.8) is 0 Å². The van der Waals surface area contributed by atoms with Gasteiger partial charge in [0.1, 0.15) is 0 Å². The van der Waals surface area contributed by atoms with Crippen LogP contribution in [-0.4, -0.2) is 26.0 Å². The molecule has 88 valence electrons. The third kappa shape index (κ3) is 2.83. The van der Waals surface area contributed by atoms with Gasteiger partial charge < -0.3 is 10.2 Å². The van der Waals surface area contributed by atoms with E-state index < -0.39 is 0 Å². The summed E-state index contributed by atoms with van der Waals surface area (Å²) in [5.74, 6) is 0.0757. The maximum atomic E-state index is 11.9. The maximum absolute atomic E-state index is 11.9. The number of rotatable bonds is 4. The van der Waals surface area contributed by atoms with Crippen LogP contribution in [0.15, 0.2) is 24.3 Å². The SMILES string of the molecule is CCc1ccc(N(C)C(=O)C(C)NC)cc1. The lowest BCUT2D eigenvalue weighted by Gasteiger charge is -2.21. The van der Waals surface area contributed by atoms with E-state index in [0.29, 0.717) is 0 Å². The van der Waals surface area contributed by atoms with Gasteiger partial charge in [-0.3, -0.25) is 4.79 Å². The summed E-state index contributed by atoms with van der Waals surface area (Å²) >= 11 is 0. The van der Waals surface area contributed by atoms with E-state index in [4.69, 9.17) is 0 Å². The van der Waals surface area contributed by atoms with Crippen LogP contribution in [0.4, 0.5) is 5.69 Å². The van der Waals surface area contributed by atoms with E-state index in [1.807, 2.05) is 19.1 Å². The van der Waals surface area contributed by atoms with Crippen molar-refractivity contribution in [3.05, 3.63) is 29.8 Å². The molecule has 1 aromatic rings. The van der Waals surface area contributed by atoms with Crippen LogP contribution in [0.1, 0.15) is 19.4 Å². The normalized spacial score (nSPS) is 12.2. The first kappa shape index (κ1) is 12.7. The number of likely N-dealkylation sites (N-methyl/N-ethyl adjacent to an activating group) is 2. The molecule has 0 aliphatic carbocycles. The molecule has 3 nitrogen and oxygen atoms in total. The highest BCUT2D eigenvalue weighted by molar-refractivity contribution is 5.96. The van der Waals surface area contributed by atoms with Crippen LogP contribution >= 0.6 is 0 Å². The Bertz CT molecular complexity index is 345. The summed E-state index contributed by atoms with van der Waals surface area (Å²) in [4.78, 5) is 13.6. The van der Waals surface area contributed by atoms with Gasteiger partial charge in [0.15, 0.2) is 0 Å². The lowest BCUT2D eigenvalue weighted by atomic mass is 10.1. The van der Waals surface area contributed by atoms with Crippen LogP contribution in [0.5, 0.6) is 0 Å². The van der Waals surface area contributed by atoms with Crippen molar-refractivity contribution < 1.29 is 4.79 Å². The molecular weight excluding hydrogens is 200 g/mol. The Morgan fingerprint density at radius 1 is 1.38 bits per heavy atom. The molecule has 0 bridgehead atoms. The second kappa shape index (κ2) is 5.66. The smallest absolute Gasteiger partial charge is 0.243 e. The molecule has 1 aromatic carbocycles. The number of hydrogen-bond donors (Lipinski definition) is 1. The van der Waals surface area contributed by atoms with Gasteiger partial charge in [0.2, 0.25) is 5.91 Å². The van der Waals surface area contributed by atoms with Gasteiger partial charge in [0.25, 0.3) is 0 Å². The number of nitrogens with zero attached hydrogens (tertiary/aromatic N) is 1. The summed E-state index contributed by atoms with van der Waals surface area (Å²) in [6.45, 7) is 3.98. The Morgan fingerprint density at radius 3 is 2.38 bits per heavy atom. The summed E-state index contributed by atoms with van der Waals surface area (Å²) < 4.78 is 0. The van der Waals surface area contributed by atoms with Crippen LogP contribution in [0, 0.1) is 0 Å². The number of benzene rings is 1. The van der Waals surface area contributed by atoms with E-state index in [0.717, 1.165) is 12.1 Å². The van der Waals surface area contributed by atoms with Crippen molar-refractivity contribution in [1.29, 1.82) is 0 Å². The lowest BCUT2D eigenvalue weighted by molar-refractivity contribution is -0.119. The second-order valence-corrected chi connectivity index (χ2v) is 3.93. The fourth-order valence-corrected chi connectivity index (χ4v) is 1.50. The molecule has 16 heavy (non-hydrogen) atoms. The molecule has 1 rings (SSSR count). The molecule has 1 unspecified atom stereocenters. The van der Waals surface area contributed by atoms with Gasteiger partial charge in [0, 0.05) is 12.7 Å². The number of amides is 1. The molecule has 0 aromatic heterocycles. The van der Waals surface area contributed by atoms with Crippen LogP contribution in [0.3, 0.4) is 0 Å². The second-order valence-electron chi connectivity index (χ2n) is 3.93. The monoisotopic (exact) mass is 220 g/mol. The average molecular weight is 220 g/mol. The number of hydrogen-bond acceptors (Lipinski definition) is 2. The molecule has 0 saturated carbocycles. The van der Waals surface area contributed by atoms with Crippen molar-refractivity contribution in [2.24, 2.45) is 0 Å². The molecule has 0 spiro atoms. The van der Waals surface area contributed by atoms with Crippen molar-refractivity contribution >= 4 is 11.6 Å². The van der Waals surface area contributed by atoms with Crippen molar-refractivity contribution in [1.82, 2.24) is 5.32 Å². The Balaban J connectivity index is 2.79. The average Bonchev–Trinajstić information content (AvgIpc) is 2.36. The molecule has 1 amide bonds. The highest BCUT2D eigenvalue weighted by Crippen LogP contribution is 2.14. The van der Waals surface area contributed by atoms with E-state index in [-0.39, 0.29) is 11.9 Å². The summed E-state index contributed by atoms with van der Waals surface area (Å²) in [5.41, 5.74) is 2.22. The Labute approximate surface area is 97.5 Å². The van der Waals surface area contributed by atoms with Gasteiger partial charge in [0.05, 0.1) is 6.04 Å². The largest absolute Gasteiger partial charge is 0.314 e. The van der Waals surface area contributed by atoms with E-state index in [2.05, 4.69) is 24.4 Å². The first-order chi connectivity index (χ1) is 7.60. The molecule has 0 heterocycles. The molecule has 0 aliphatic rings. The Kier molecular flexibility index (Phi) is 4.50. The zero-order chi connectivity index (χ0) is 12.1. The Hall–Kier alpha value is -1.35. The first-order valence-corrected chi connectivity index (χ1v) is 5.64. The van der Waals surface area contributed by atoms with Gasteiger partial charge in [-0.05, 0) is 38.1 Å². The fourth-order valence-electron chi connectivity index (χ4n) is 1.50. The van der Waals surface area contributed by atoms with Crippen molar-refractivity contribution in [3.8, 4) is 0 Å². The summed E-state index contributed by atoms with van der Waals surface area (Å²) in [7, 11) is 3.59. The van der Waals surface area contributed by atoms with Gasteiger partial charge in [-0.25, -0.2) is 0 Å². The number of aryl methyl sites for hydroxylation is 1. The fraction of sp³-hybridized carbons (Fsp3) is 0.462. The van der Waals surface area contributed by atoms with Gasteiger partial charge in [-0.2, -0.15) is 0 Å². The van der Waals surface area contributed by atoms with E-state index in [9.17, 15) is 4.79 Å². The zero-order valence-electron chi connectivity index (χ0n) is 10.4. The minimum Gasteiger partial charge on any atom is -0.314 e. The molecule has 1 atom stereocenters. The number of nitrogens with one attached hydrogen (secondary N) is 1. The molecule has 0 fully saturated rings. The number of carbonyl (C=O) groups excluding carboxylic acids is 1. The molecule has 0 aliphatic heterocycles. The third-order valence-electron chi connectivity index (χ3n) is 2.87. The molecular formula is C13H20N2O. The van der Waals surface area contributed by atoms with E-state index in [1.165, 1.54) is 5.56 Å². The summed E-state index contributed by atoms with van der Waals surface area (Å²) in [6.07, 6.45) is 1.02. The molecule has 3 heteroatoms. The quantitative estimate of drug-likeness (QED) is 0.839. The topological polar surface area (TPSA) is 32.3 Å². The maximum Gasteiger partial charge on any atom is 0.243 e. The van der Waals surface area contributed by atoms with Crippen LogP contribution in [-0.2, 0) is 11.2 Å². The minimum atomic E-state index is -0.157. The predicted octanol–water partition coefficient (Wildman–Crippen LogP) is 1.82. The van der Waals surface area contributed by atoms with Gasteiger partial charge in [-0.1, -0.05) is 19.1 Å². The highest BCUT2D eigenvalue weighted by atomic mass is 16.2. The molecule has 0 saturated heterocycles. The number of carbonyl (C=O) groups is 1. The molecule has 1 N–H and O–H groups in total. The van der Waals surface area contributed by atoms with Crippen molar-refractivity contribution in [2.45, 2.75) is 26.3 Å². The number of anilines is 1. The van der Waals surface area contributed by atoms with E-state index >= 15 is 0 Å². The van der Waals surface area contributed by atoms with Gasteiger partial charge in [-0.15, -0.1) is 0 Å². The first-order valence-electron chi connectivity index (χ1n) is 5.64. The Morgan fingerprint density at radius 2 is 1.94 bits per heavy atom. The van der Waals surface area contributed by atoms with E-state index in [1.54, 1.807) is 19.0 Å². The van der Waals surface area contributed by atoms with Crippen LogP contribution < -0.4 is 10.2 Å². The summed E-state index contributed by atoms with van der Waals surface area (Å²) in [5, 5.41) is 2.95. The highest BCUT2D eigenvalue weighted by Gasteiger charge is 2.16. The van der Waals surface area contributed by atoms with Gasteiger partial charge >= 0.3 is 0 Å². The lowest BCUT2D eigenvalue weighted by Crippen LogP contribution is -2.41. The standard InChI is InChI=1S/C13H20N2O/c1-5-11-6-8-12(9-7-11)15(4)13(16)10(2)14-3/h6-10,14H,5H2,1-4H3. The molecule has 0 radical (unpaired) electrons. The zero-order valence-corrected chi connectivity index (χ0v) is 10.4.